The Morgan fingerprint density at radius 3 is 2.43 bits per heavy atom. The Balaban J connectivity index is 3.13. The molecule has 1 aromatic rings. The second-order valence-electron chi connectivity index (χ2n) is 4.89. The van der Waals surface area contributed by atoms with Gasteiger partial charge in [-0.15, -0.1) is 0 Å². The molecule has 116 valence electrons. The fourth-order valence-corrected chi connectivity index (χ4v) is 1.83. The van der Waals surface area contributed by atoms with Gasteiger partial charge in [0.1, 0.15) is 23.7 Å². The van der Waals surface area contributed by atoms with Crippen molar-refractivity contribution in [3.05, 3.63) is 34.9 Å². The number of benzene rings is 1. The summed E-state index contributed by atoms with van der Waals surface area (Å²) >= 11 is 0. The molecular formula is C15H19F2NO3. The van der Waals surface area contributed by atoms with Crippen LogP contribution in [0.25, 0.3) is 0 Å². The molecule has 0 aliphatic heterocycles. The smallest absolute Gasteiger partial charge is 0.325 e. The molecule has 1 aromatic carbocycles. The summed E-state index contributed by atoms with van der Waals surface area (Å²) in [6, 6.07) is 1.89. The third-order valence-corrected chi connectivity index (χ3v) is 2.99. The molecule has 0 spiro atoms. The Labute approximate surface area is 122 Å². The zero-order valence-corrected chi connectivity index (χ0v) is 12.6. The number of aryl methyl sites for hydroxylation is 1. The van der Waals surface area contributed by atoms with Gasteiger partial charge < -0.3 is 9.64 Å². The SMILES string of the molecule is CCOC(=O)CN(C(=O)c1c(F)ccc(C)c1F)C(C)C. The zero-order valence-electron chi connectivity index (χ0n) is 12.6. The summed E-state index contributed by atoms with van der Waals surface area (Å²) in [5, 5.41) is 0. The maximum Gasteiger partial charge on any atom is 0.325 e. The first-order valence-corrected chi connectivity index (χ1v) is 6.70. The van der Waals surface area contributed by atoms with E-state index in [1.54, 1.807) is 20.8 Å². The lowest BCUT2D eigenvalue weighted by Crippen LogP contribution is -2.42. The molecule has 0 N–H and O–H groups in total. The molecule has 6 heteroatoms. The van der Waals surface area contributed by atoms with Crippen molar-refractivity contribution in [3.63, 3.8) is 0 Å². The molecule has 0 heterocycles. The Bertz CT molecular complexity index is 544. The van der Waals surface area contributed by atoms with Gasteiger partial charge in [0.05, 0.1) is 6.61 Å². The molecule has 0 saturated carbocycles. The minimum atomic E-state index is -0.947. The first-order valence-electron chi connectivity index (χ1n) is 6.70. The maximum absolute atomic E-state index is 14.0. The van der Waals surface area contributed by atoms with Crippen LogP contribution in [0.2, 0.25) is 0 Å². The summed E-state index contributed by atoms with van der Waals surface area (Å²) in [6.07, 6.45) is 0. The molecule has 0 atom stereocenters. The molecule has 0 aromatic heterocycles. The molecule has 4 nitrogen and oxygen atoms in total. The van der Waals surface area contributed by atoms with Gasteiger partial charge in [-0.05, 0) is 39.3 Å². The zero-order chi connectivity index (χ0) is 16.2. The fourth-order valence-electron chi connectivity index (χ4n) is 1.83. The molecule has 0 radical (unpaired) electrons. The third kappa shape index (κ3) is 4.00. The maximum atomic E-state index is 14.0. The van der Waals surface area contributed by atoms with Gasteiger partial charge in [0.25, 0.3) is 5.91 Å². The number of nitrogens with zero attached hydrogens (tertiary/aromatic N) is 1. The predicted octanol–water partition coefficient (Wildman–Crippen LogP) is 2.69. The van der Waals surface area contributed by atoms with Crippen molar-refractivity contribution in [2.75, 3.05) is 13.2 Å². The number of amides is 1. The number of halogens is 2. The standard InChI is InChI=1S/C15H19F2NO3/c1-5-21-12(19)8-18(9(2)3)15(20)13-11(16)7-6-10(4)14(13)17/h6-7,9H,5,8H2,1-4H3. The Kier molecular flexibility index (Phi) is 5.81. The summed E-state index contributed by atoms with van der Waals surface area (Å²) in [6.45, 7) is 6.21. The quantitative estimate of drug-likeness (QED) is 0.785. The molecular weight excluding hydrogens is 280 g/mol. The molecule has 0 bridgehead atoms. The summed E-state index contributed by atoms with van der Waals surface area (Å²) in [5.41, 5.74) is -0.479. The molecule has 1 rings (SSSR count). The van der Waals surface area contributed by atoms with Crippen molar-refractivity contribution in [1.29, 1.82) is 0 Å². The Morgan fingerprint density at radius 1 is 1.29 bits per heavy atom. The molecule has 1 amide bonds. The lowest BCUT2D eigenvalue weighted by Gasteiger charge is -2.26. The topological polar surface area (TPSA) is 46.6 Å². The average molecular weight is 299 g/mol. The average Bonchev–Trinajstić information content (AvgIpc) is 2.40. The van der Waals surface area contributed by atoms with Crippen LogP contribution in [0.15, 0.2) is 12.1 Å². The second kappa shape index (κ2) is 7.15. The Hall–Kier alpha value is -1.98. The second-order valence-corrected chi connectivity index (χ2v) is 4.89. The van der Waals surface area contributed by atoms with Crippen LogP contribution in [-0.4, -0.2) is 36.0 Å². The molecule has 0 aliphatic rings. The van der Waals surface area contributed by atoms with E-state index in [9.17, 15) is 18.4 Å². The van der Waals surface area contributed by atoms with Gasteiger partial charge in [-0.1, -0.05) is 6.07 Å². The summed E-state index contributed by atoms with van der Waals surface area (Å²) in [7, 11) is 0. The van der Waals surface area contributed by atoms with Crippen molar-refractivity contribution in [1.82, 2.24) is 4.90 Å². The van der Waals surface area contributed by atoms with Crippen LogP contribution in [0, 0.1) is 18.6 Å². The number of hydrogen-bond acceptors (Lipinski definition) is 3. The van der Waals surface area contributed by atoms with Gasteiger partial charge in [0.2, 0.25) is 0 Å². The molecule has 0 saturated heterocycles. The van der Waals surface area contributed by atoms with Crippen molar-refractivity contribution in [2.45, 2.75) is 33.7 Å². The number of hydrogen-bond donors (Lipinski definition) is 0. The van der Waals surface area contributed by atoms with Crippen molar-refractivity contribution >= 4 is 11.9 Å². The Morgan fingerprint density at radius 2 is 1.90 bits per heavy atom. The first kappa shape index (κ1) is 17.1. The van der Waals surface area contributed by atoms with E-state index in [1.807, 2.05) is 0 Å². The monoisotopic (exact) mass is 299 g/mol. The van der Waals surface area contributed by atoms with E-state index in [1.165, 1.54) is 13.0 Å². The molecule has 0 unspecified atom stereocenters. The highest BCUT2D eigenvalue weighted by Gasteiger charge is 2.27. The third-order valence-electron chi connectivity index (χ3n) is 2.99. The van der Waals surface area contributed by atoms with Gasteiger partial charge in [0, 0.05) is 6.04 Å². The van der Waals surface area contributed by atoms with Crippen molar-refractivity contribution in [3.8, 4) is 0 Å². The van der Waals surface area contributed by atoms with Crippen LogP contribution in [0.5, 0.6) is 0 Å². The van der Waals surface area contributed by atoms with Gasteiger partial charge in [-0.3, -0.25) is 9.59 Å². The minimum absolute atomic E-state index is 0.166. The number of carbonyl (C=O) groups excluding carboxylic acids is 2. The number of rotatable bonds is 5. The summed E-state index contributed by atoms with van der Waals surface area (Å²) in [4.78, 5) is 25.0. The van der Waals surface area contributed by atoms with E-state index in [0.717, 1.165) is 11.0 Å². The fraction of sp³-hybridized carbons (Fsp3) is 0.467. The van der Waals surface area contributed by atoms with Crippen molar-refractivity contribution in [2.24, 2.45) is 0 Å². The van der Waals surface area contributed by atoms with Gasteiger partial charge in [-0.2, -0.15) is 0 Å². The number of esters is 1. The molecule has 0 aliphatic carbocycles. The normalized spacial score (nSPS) is 10.6. The van der Waals surface area contributed by atoms with Crippen LogP contribution >= 0.6 is 0 Å². The highest BCUT2D eigenvalue weighted by Crippen LogP contribution is 2.19. The summed E-state index contributed by atoms with van der Waals surface area (Å²) in [5.74, 6) is -3.34. The van der Waals surface area contributed by atoms with E-state index >= 15 is 0 Å². The predicted molar refractivity (Wildman–Crippen MR) is 73.9 cm³/mol. The lowest BCUT2D eigenvalue weighted by atomic mass is 10.1. The largest absolute Gasteiger partial charge is 0.465 e. The van der Waals surface area contributed by atoms with E-state index in [4.69, 9.17) is 4.74 Å². The number of carbonyl (C=O) groups is 2. The van der Waals surface area contributed by atoms with E-state index in [0.29, 0.717) is 0 Å². The van der Waals surface area contributed by atoms with Crippen LogP contribution in [0.1, 0.15) is 36.7 Å². The van der Waals surface area contributed by atoms with Crippen molar-refractivity contribution < 1.29 is 23.1 Å². The van der Waals surface area contributed by atoms with Gasteiger partial charge >= 0.3 is 5.97 Å². The van der Waals surface area contributed by atoms with Crippen LogP contribution in [0.3, 0.4) is 0 Å². The van der Waals surface area contributed by atoms with Crippen LogP contribution in [-0.2, 0) is 9.53 Å². The number of ether oxygens (including phenoxy) is 1. The van der Waals surface area contributed by atoms with E-state index < -0.39 is 35.1 Å². The van der Waals surface area contributed by atoms with Crippen LogP contribution in [0.4, 0.5) is 8.78 Å². The minimum Gasteiger partial charge on any atom is -0.465 e. The highest BCUT2D eigenvalue weighted by atomic mass is 19.1. The van der Waals surface area contributed by atoms with E-state index in [-0.39, 0.29) is 18.7 Å². The summed E-state index contributed by atoms with van der Waals surface area (Å²) < 4.78 is 32.6. The van der Waals surface area contributed by atoms with Crippen LogP contribution < -0.4 is 0 Å². The lowest BCUT2D eigenvalue weighted by molar-refractivity contribution is -0.144. The van der Waals surface area contributed by atoms with Gasteiger partial charge in [0.15, 0.2) is 0 Å². The highest BCUT2D eigenvalue weighted by molar-refractivity contribution is 5.96. The first-order chi connectivity index (χ1) is 9.79. The molecule has 0 fully saturated rings. The van der Waals surface area contributed by atoms with Gasteiger partial charge in [-0.25, -0.2) is 8.78 Å². The molecule has 21 heavy (non-hydrogen) atoms. The van der Waals surface area contributed by atoms with E-state index in [2.05, 4.69) is 0 Å².